The number of benzene rings is 2. The molecule has 1 aromatic heterocycles. The molecule has 1 aliphatic heterocycles. The van der Waals surface area contributed by atoms with E-state index >= 15 is 0 Å². The summed E-state index contributed by atoms with van der Waals surface area (Å²) in [6, 6.07) is 11.5. The third kappa shape index (κ3) is 2.70. The molecule has 2 aromatic carbocycles. The third-order valence-corrected chi connectivity index (χ3v) is 6.90. The van der Waals surface area contributed by atoms with Gasteiger partial charge in [-0.1, -0.05) is 18.2 Å². The van der Waals surface area contributed by atoms with Crippen molar-refractivity contribution in [2.45, 2.75) is 31.7 Å². The van der Waals surface area contributed by atoms with E-state index in [9.17, 15) is 8.42 Å². The van der Waals surface area contributed by atoms with E-state index in [0.717, 1.165) is 27.7 Å². The summed E-state index contributed by atoms with van der Waals surface area (Å²) in [5.74, 6) is 0.385. The van der Waals surface area contributed by atoms with Gasteiger partial charge in [0.1, 0.15) is 10.6 Å². The third-order valence-electron chi connectivity index (χ3n) is 5.03. The van der Waals surface area contributed by atoms with Crippen molar-refractivity contribution in [1.82, 2.24) is 9.29 Å². The van der Waals surface area contributed by atoms with E-state index in [1.807, 2.05) is 13.0 Å². The van der Waals surface area contributed by atoms with Gasteiger partial charge < -0.3 is 9.72 Å². The van der Waals surface area contributed by atoms with Gasteiger partial charge >= 0.3 is 0 Å². The number of hydrogen-bond acceptors (Lipinski definition) is 3. The second-order valence-electron chi connectivity index (χ2n) is 6.87. The van der Waals surface area contributed by atoms with Gasteiger partial charge in [0.05, 0.1) is 7.11 Å². The number of H-pyrrole nitrogens is 1. The van der Waals surface area contributed by atoms with Crippen molar-refractivity contribution in [1.29, 1.82) is 0 Å². The Morgan fingerprint density at radius 1 is 1.08 bits per heavy atom. The maximum Gasteiger partial charge on any atom is 0.247 e. The molecule has 0 unspecified atom stereocenters. The van der Waals surface area contributed by atoms with Crippen molar-refractivity contribution in [2.75, 3.05) is 13.7 Å². The molecule has 4 rings (SSSR count). The Balaban J connectivity index is 1.77. The zero-order valence-corrected chi connectivity index (χ0v) is 16.0. The number of hydrogen-bond donors (Lipinski definition) is 1. The first-order chi connectivity index (χ1) is 12.4. The van der Waals surface area contributed by atoms with Crippen molar-refractivity contribution in [3.8, 4) is 5.75 Å². The number of ether oxygens (including phenoxy) is 1. The van der Waals surface area contributed by atoms with Crippen LogP contribution in [0.3, 0.4) is 0 Å². The fraction of sp³-hybridized carbons (Fsp3) is 0.300. The lowest BCUT2D eigenvalue weighted by atomic mass is 10.1. The van der Waals surface area contributed by atoms with Crippen LogP contribution in [0, 0.1) is 13.8 Å². The molecule has 0 aliphatic carbocycles. The summed E-state index contributed by atoms with van der Waals surface area (Å²) in [6.07, 6.45) is 0.677. The monoisotopic (exact) mass is 370 g/mol. The van der Waals surface area contributed by atoms with Crippen LogP contribution in [0.4, 0.5) is 0 Å². The molecule has 26 heavy (non-hydrogen) atoms. The van der Waals surface area contributed by atoms with Crippen LogP contribution in [0.1, 0.15) is 22.4 Å². The zero-order valence-electron chi connectivity index (χ0n) is 15.2. The molecule has 3 aromatic rings. The van der Waals surface area contributed by atoms with Crippen molar-refractivity contribution >= 4 is 20.9 Å². The average Bonchev–Trinajstić information content (AvgIpc) is 2.98. The number of nitrogens with one attached hydrogen (secondary N) is 1. The quantitative estimate of drug-likeness (QED) is 0.767. The molecular weight excluding hydrogens is 348 g/mol. The first kappa shape index (κ1) is 17.1. The molecule has 0 saturated carbocycles. The van der Waals surface area contributed by atoms with Crippen LogP contribution in [0.5, 0.6) is 5.75 Å². The number of nitrogens with zero attached hydrogens (tertiary/aromatic N) is 1. The molecule has 0 amide bonds. The molecule has 0 spiro atoms. The van der Waals surface area contributed by atoms with Crippen LogP contribution >= 0.6 is 0 Å². The fourth-order valence-electron chi connectivity index (χ4n) is 3.64. The van der Waals surface area contributed by atoms with Crippen molar-refractivity contribution in [2.24, 2.45) is 0 Å². The standard InChI is InChI=1S/C20H22N2O3S/c1-13-4-6-15-16-12-22(9-8-17(16)21-18(15)10-13)26(23,24)20-11-14(2)5-7-19(20)25-3/h4-7,10-11,21H,8-9,12H2,1-3H3. The van der Waals surface area contributed by atoms with Gasteiger partial charge in [-0.3, -0.25) is 0 Å². The molecule has 0 atom stereocenters. The highest BCUT2D eigenvalue weighted by Gasteiger charge is 2.32. The largest absolute Gasteiger partial charge is 0.495 e. The summed E-state index contributed by atoms with van der Waals surface area (Å²) < 4.78 is 33.4. The van der Waals surface area contributed by atoms with Crippen LogP contribution in [0.25, 0.3) is 10.9 Å². The minimum Gasteiger partial charge on any atom is -0.495 e. The smallest absolute Gasteiger partial charge is 0.247 e. The molecule has 2 heterocycles. The number of fused-ring (bicyclic) bond motifs is 3. The van der Waals surface area contributed by atoms with Crippen LogP contribution in [-0.4, -0.2) is 31.4 Å². The van der Waals surface area contributed by atoms with Crippen LogP contribution in [0.15, 0.2) is 41.3 Å². The van der Waals surface area contributed by atoms with E-state index in [-0.39, 0.29) is 4.90 Å². The summed E-state index contributed by atoms with van der Waals surface area (Å²) in [6.45, 7) is 4.77. The predicted molar refractivity (Wildman–Crippen MR) is 102 cm³/mol. The molecule has 0 fully saturated rings. The lowest BCUT2D eigenvalue weighted by Gasteiger charge is -2.27. The summed E-state index contributed by atoms with van der Waals surface area (Å²) in [7, 11) is -2.13. The second kappa shape index (κ2) is 6.14. The fourth-order valence-corrected chi connectivity index (χ4v) is 5.29. The zero-order chi connectivity index (χ0) is 18.5. The SMILES string of the molecule is COc1ccc(C)cc1S(=O)(=O)N1CCc2[nH]c3cc(C)ccc3c2C1. The van der Waals surface area contributed by atoms with E-state index in [1.165, 1.54) is 12.7 Å². The van der Waals surface area contributed by atoms with Gasteiger partial charge in [0.15, 0.2) is 0 Å². The summed E-state index contributed by atoms with van der Waals surface area (Å²) in [5, 5.41) is 1.10. The highest BCUT2D eigenvalue weighted by molar-refractivity contribution is 7.89. The number of aromatic amines is 1. The Bertz CT molecular complexity index is 1100. The Hall–Kier alpha value is -2.31. The minimum absolute atomic E-state index is 0.235. The summed E-state index contributed by atoms with van der Waals surface area (Å²) >= 11 is 0. The predicted octanol–water partition coefficient (Wildman–Crippen LogP) is 3.54. The normalized spacial score (nSPS) is 15.2. The maximum atomic E-state index is 13.3. The van der Waals surface area contributed by atoms with Gasteiger partial charge in [0, 0.05) is 36.1 Å². The number of sulfonamides is 1. The molecule has 0 radical (unpaired) electrons. The Morgan fingerprint density at radius 2 is 1.81 bits per heavy atom. The minimum atomic E-state index is -3.63. The number of methoxy groups -OCH3 is 1. The van der Waals surface area contributed by atoms with Crippen molar-refractivity contribution in [3.05, 3.63) is 58.8 Å². The topological polar surface area (TPSA) is 62.4 Å². The van der Waals surface area contributed by atoms with Crippen LogP contribution in [0.2, 0.25) is 0 Å². The molecule has 136 valence electrons. The molecule has 1 N–H and O–H groups in total. The van der Waals surface area contributed by atoms with Gasteiger partial charge in [0.2, 0.25) is 10.0 Å². The number of rotatable bonds is 3. The molecule has 1 aliphatic rings. The van der Waals surface area contributed by atoms with Crippen molar-refractivity contribution in [3.63, 3.8) is 0 Å². The van der Waals surface area contributed by atoms with Gasteiger partial charge in [0.25, 0.3) is 0 Å². The molecule has 6 heteroatoms. The molecular formula is C20H22N2O3S. The van der Waals surface area contributed by atoms with E-state index in [0.29, 0.717) is 25.3 Å². The molecule has 0 saturated heterocycles. The van der Waals surface area contributed by atoms with E-state index in [2.05, 4.69) is 30.1 Å². The average molecular weight is 370 g/mol. The summed E-state index contributed by atoms with van der Waals surface area (Å²) in [5.41, 5.74) is 5.35. The van der Waals surface area contributed by atoms with Crippen molar-refractivity contribution < 1.29 is 13.2 Å². The number of aromatic nitrogens is 1. The van der Waals surface area contributed by atoms with E-state index < -0.39 is 10.0 Å². The van der Waals surface area contributed by atoms with Crippen LogP contribution < -0.4 is 4.74 Å². The van der Waals surface area contributed by atoms with Gasteiger partial charge in [-0.2, -0.15) is 4.31 Å². The highest BCUT2D eigenvalue weighted by atomic mass is 32.2. The Morgan fingerprint density at radius 3 is 2.58 bits per heavy atom. The van der Waals surface area contributed by atoms with E-state index in [1.54, 1.807) is 16.4 Å². The number of aryl methyl sites for hydroxylation is 2. The first-order valence-corrected chi connectivity index (χ1v) is 10.1. The van der Waals surface area contributed by atoms with Gasteiger partial charge in [-0.05, 0) is 48.7 Å². The van der Waals surface area contributed by atoms with Gasteiger partial charge in [-0.15, -0.1) is 0 Å². The lowest BCUT2D eigenvalue weighted by molar-refractivity contribution is 0.377. The maximum absolute atomic E-state index is 13.3. The Labute approximate surface area is 153 Å². The second-order valence-corrected chi connectivity index (χ2v) is 8.78. The summed E-state index contributed by atoms with van der Waals surface area (Å²) in [4.78, 5) is 3.69. The lowest BCUT2D eigenvalue weighted by Crippen LogP contribution is -2.36. The van der Waals surface area contributed by atoms with E-state index in [4.69, 9.17) is 4.74 Å². The first-order valence-electron chi connectivity index (χ1n) is 8.65. The molecule has 5 nitrogen and oxygen atoms in total. The Kier molecular flexibility index (Phi) is 4.04. The molecule has 0 bridgehead atoms. The van der Waals surface area contributed by atoms with Gasteiger partial charge in [-0.25, -0.2) is 8.42 Å². The van der Waals surface area contributed by atoms with Crippen LogP contribution in [-0.2, 0) is 23.0 Å². The highest BCUT2D eigenvalue weighted by Crippen LogP contribution is 2.33.